The van der Waals surface area contributed by atoms with Crippen LogP contribution in [0.4, 0.5) is 0 Å². The van der Waals surface area contributed by atoms with Crippen molar-refractivity contribution in [1.29, 1.82) is 0 Å². The molecule has 0 aromatic heterocycles. The van der Waals surface area contributed by atoms with E-state index in [1.165, 1.54) is 199 Å². The zero-order valence-electron chi connectivity index (χ0n) is 40.9. The molecule has 0 rings (SSSR count). The Morgan fingerprint density at radius 1 is 0.459 bits per heavy atom. The zero-order chi connectivity index (χ0) is 44.4. The third-order valence-corrected chi connectivity index (χ3v) is 12.5. The average molecular weight is 860 g/mol. The maximum Gasteiger partial charge on any atom is 0.305 e. The molecule has 0 aromatic rings. The molecule has 0 aromatic carbocycles. The van der Waals surface area contributed by atoms with Crippen molar-refractivity contribution in [3.63, 3.8) is 0 Å². The number of nitrogens with one attached hydrogen (secondary N) is 1. The molecule has 0 saturated heterocycles. The Balaban J connectivity index is 3.46. The number of aliphatic hydroxyl groups is 2. The number of ether oxygens (including phenoxy) is 1. The number of unbranched alkanes of at least 4 members (excludes halogenated alkanes) is 35. The first-order valence-electron chi connectivity index (χ1n) is 27.1. The van der Waals surface area contributed by atoms with E-state index in [2.05, 4.69) is 43.5 Å². The monoisotopic (exact) mass is 860 g/mol. The van der Waals surface area contributed by atoms with Crippen LogP contribution in [0, 0.1) is 0 Å². The summed E-state index contributed by atoms with van der Waals surface area (Å²) in [4.78, 5) is 24.5. The van der Waals surface area contributed by atoms with E-state index in [1.807, 2.05) is 0 Å². The minimum absolute atomic E-state index is 0.0192. The number of amides is 1. The summed E-state index contributed by atoms with van der Waals surface area (Å²) in [5.74, 6) is -0.0665. The van der Waals surface area contributed by atoms with E-state index in [-0.39, 0.29) is 18.5 Å². The first-order chi connectivity index (χ1) is 30.0. The Labute approximate surface area is 380 Å². The molecule has 0 aliphatic rings. The molecule has 3 N–H and O–H groups in total. The zero-order valence-corrected chi connectivity index (χ0v) is 40.9. The lowest BCUT2D eigenvalue weighted by Gasteiger charge is -2.22. The number of carbonyl (C=O) groups is 2. The molecule has 61 heavy (non-hydrogen) atoms. The van der Waals surface area contributed by atoms with E-state index in [1.54, 1.807) is 0 Å². The van der Waals surface area contributed by atoms with Gasteiger partial charge in [0, 0.05) is 12.8 Å². The maximum atomic E-state index is 12.5. The van der Waals surface area contributed by atoms with Gasteiger partial charge in [0.25, 0.3) is 0 Å². The van der Waals surface area contributed by atoms with Gasteiger partial charge in [0.15, 0.2) is 0 Å². The summed E-state index contributed by atoms with van der Waals surface area (Å²) < 4.78 is 5.46. The molecule has 0 heterocycles. The van der Waals surface area contributed by atoms with Crippen molar-refractivity contribution in [2.75, 3.05) is 13.2 Å². The van der Waals surface area contributed by atoms with Crippen LogP contribution < -0.4 is 5.32 Å². The second kappa shape index (κ2) is 51.0. The molecule has 0 radical (unpaired) electrons. The second-order valence-electron chi connectivity index (χ2n) is 18.6. The van der Waals surface area contributed by atoms with Crippen LogP contribution in [0.1, 0.15) is 290 Å². The number of hydrogen-bond donors (Lipinski definition) is 3. The van der Waals surface area contributed by atoms with Gasteiger partial charge < -0.3 is 20.3 Å². The largest absolute Gasteiger partial charge is 0.466 e. The van der Waals surface area contributed by atoms with Crippen molar-refractivity contribution >= 4 is 11.9 Å². The van der Waals surface area contributed by atoms with Gasteiger partial charge in [-0.15, -0.1) is 0 Å². The number of aliphatic hydroxyl groups excluding tert-OH is 2. The molecule has 0 aliphatic carbocycles. The van der Waals surface area contributed by atoms with Crippen LogP contribution in [0.3, 0.4) is 0 Å². The maximum absolute atomic E-state index is 12.5. The standard InChI is InChI=1S/C55H105NO5/c1-3-5-7-9-11-13-15-17-19-21-23-27-31-35-39-43-47-53(58)52(51-57)56-54(59)48-44-40-36-32-28-24-22-26-30-34-38-42-46-50-61-55(60)49-45-41-37-33-29-25-20-18-16-14-12-10-8-6-4-2/h12,14,18,20,52-53,57-58H,3-11,13,15-17,19,21-51H2,1-2H3,(H,56,59)/b14-12-,20-18-. The van der Waals surface area contributed by atoms with Crippen LogP contribution >= 0.6 is 0 Å². The topological polar surface area (TPSA) is 95.9 Å². The normalized spacial score (nSPS) is 12.8. The Morgan fingerprint density at radius 3 is 1.28 bits per heavy atom. The highest BCUT2D eigenvalue weighted by molar-refractivity contribution is 5.76. The lowest BCUT2D eigenvalue weighted by Crippen LogP contribution is -2.45. The van der Waals surface area contributed by atoms with E-state index < -0.39 is 12.1 Å². The van der Waals surface area contributed by atoms with Crippen LogP contribution in [0.2, 0.25) is 0 Å². The Hall–Kier alpha value is -1.66. The molecule has 6 heteroatoms. The average Bonchev–Trinajstić information content (AvgIpc) is 3.26. The summed E-state index contributed by atoms with van der Waals surface area (Å²) >= 11 is 0. The minimum Gasteiger partial charge on any atom is -0.466 e. The van der Waals surface area contributed by atoms with Gasteiger partial charge in [0.05, 0.1) is 25.4 Å². The summed E-state index contributed by atoms with van der Waals surface area (Å²) in [6.45, 7) is 4.90. The Morgan fingerprint density at radius 2 is 0.820 bits per heavy atom. The Bertz CT molecular complexity index is 951. The summed E-state index contributed by atoms with van der Waals surface area (Å²) in [7, 11) is 0. The van der Waals surface area contributed by atoms with Gasteiger partial charge in [-0.25, -0.2) is 0 Å². The lowest BCUT2D eigenvalue weighted by molar-refractivity contribution is -0.143. The summed E-state index contributed by atoms with van der Waals surface area (Å²) in [5, 5.41) is 23.3. The quantitative estimate of drug-likeness (QED) is 0.0322. The molecule has 1 amide bonds. The van der Waals surface area contributed by atoms with E-state index in [0.717, 1.165) is 57.8 Å². The lowest BCUT2D eigenvalue weighted by atomic mass is 10.0. The number of rotatable bonds is 50. The third-order valence-electron chi connectivity index (χ3n) is 12.5. The predicted octanol–water partition coefficient (Wildman–Crippen LogP) is 16.3. The van der Waals surface area contributed by atoms with E-state index >= 15 is 0 Å². The van der Waals surface area contributed by atoms with Crippen molar-refractivity contribution < 1.29 is 24.5 Å². The highest BCUT2D eigenvalue weighted by Crippen LogP contribution is 2.17. The van der Waals surface area contributed by atoms with Crippen molar-refractivity contribution in [2.45, 2.75) is 302 Å². The minimum atomic E-state index is -0.673. The van der Waals surface area contributed by atoms with Gasteiger partial charge in [0.1, 0.15) is 0 Å². The fourth-order valence-corrected chi connectivity index (χ4v) is 8.32. The van der Waals surface area contributed by atoms with Crippen molar-refractivity contribution in [3.05, 3.63) is 24.3 Å². The molecule has 0 spiro atoms. The molecule has 2 atom stereocenters. The highest BCUT2D eigenvalue weighted by Gasteiger charge is 2.20. The van der Waals surface area contributed by atoms with Crippen LogP contribution in [0.15, 0.2) is 24.3 Å². The predicted molar refractivity (Wildman–Crippen MR) is 264 cm³/mol. The van der Waals surface area contributed by atoms with Crippen LogP contribution in [-0.2, 0) is 14.3 Å². The van der Waals surface area contributed by atoms with Gasteiger partial charge in [-0.2, -0.15) is 0 Å². The first kappa shape index (κ1) is 59.3. The van der Waals surface area contributed by atoms with Crippen LogP contribution in [0.25, 0.3) is 0 Å². The van der Waals surface area contributed by atoms with Crippen molar-refractivity contribution in [2.24, 2.45) is 0 Å². The van der Waals surface area contributed by atoms with Gasteiger partial charge in [-0.05, 0) is 57.8 Å². The number of allylic oxidation sites excluding steroid dienone is 4. The molecule has 2 unspecified atom stereocenters. The second-order valence-corrected chi connectivity index (χ2v) is 18.6. The molecular weight excluding hydrogens is 755 g/mol. The number of carbonyl (C=O) groups excluding carboxylic acids is 2. The van der Waals surface area contributed by atoms with Gasteiger partial charge in [-0.3, -0.25) is 9.59 Å². The van der Waals surface area contributed by atoms with Gasteiger partial charge in [-0.1, -0.05) is 244 Å². The van der Waals surface area contributed by atoms with Crippen LogP contribution in [0.5, 0.6) is 0 Å². The number of hydrogen-bond acceptors (Lipinski definition) is 5. The molecular formula is C55H105NO5. The number of esters is 1. The smallest absolute Gasteiger partial charge is 0.305 e. The molecule has 0 bridgehead atoms. The Kier molecular flexibility index (Phi) is 49.6. The van der Waals surface area contributed by atoms with Gasteiger partial charge in [0.2, 0.25) is 5.91 Å². The highest BCUT2D eigenvalue weighted by atomic mass is 16.5. The molecule has 0 fully saturated rings. The van der Waals surface area contributed by atoms with E-state index in [4.69, 9.17) is 4.74 Å². The van der Waals surface area contributed by atoms with Crippen LogP contribution in [-0.4, -0.2) is 47.4 Å². The van der Waals surface area contributed by atoms with Crippen molar-refractivity contribution in [3.8, 4) is 0 Å². The molecule has 360 valence electrons. The molecule has 0 saturated carbocycles. The first-order valence-corrected chi connectivity index (χ1v) is 27.1. The fraction of sp³-hybridized carbons (Fsp3) is 0.891. The van der Waals surface area contributed by atoms with E-state index in [0.29, 0.717) is 25.9 Å². The summed E-state index contributed by atoms with van der Waals surface area (Å²) in [6, 6.07) is -0.551. The van der Waals surface area contributed by atoms with Gasteiger partial charge >= 0.3 is 5.97 Å². The van der Waals surface area contributed by atoms with E-state index in [9.17, 15) is 19.8 Å². The summed E-state index contributed by atoms with van der Waals surface area (Å²) in [5.41, 5.74) is 0. The molecule has 6 nitrogen and oxygen atoms in total. The van der Waals surface area contributed by atoms with Crippen molar-refractivity contribution in [1.82, 2.24) is 5.32 Å². The SMILES string of the molecule is CCCCC/C=C\C/C=C\CCCCCCCC(=O)OCCCCCCCCCCCCCCCC(=O)NC(CO)C(O)CCCCCCCCCCCCCCCCCC. The summed E-state index contributed by atoms with van der Waals surface area (Å²) in [6.07, 6.45) is 60.0. The molecule has 0 aliphatic heterocycles. The third kappa shape index (κ3) is 47.7. The fourth-order valence-electron chi connectivity index (χ4n) is 8.32.